The fraction of sp³-hybridized carbons (Fsp3) is 0.250. The third-order valence-corrected chi connectivity index (χ3v) is 4.75. The van der Waals surface area contributed by atoms with Crippen LogP contribution >= 0.6 is 0 Å². The number of carbonyl (C=O) groups excluding carboxylic acids is 1. The van der Waals surface area contributed by atoms with Gasteiger partial charge in [-0.25, -0.2) is 5.43 Å². The zero-order valence-electron chi connectivity index (χ0n) is 14.2. The molecule has 126 valence electrons. The van der Waals surface area contributed by atoms with E-state index >= 15 is 0 Å². The van der Waals surface area contributed by atoms with Gasteiger partial charge in [-0.1, -0.05) is 42.5 Å². The van der Waals surface area contributed by atoms with Crippen LogP contribution in [0, 0.1) is 0 Å². The second kappa shape index (κ2) is 6.51. The second-order valence-corrected chi connectivity index (χ2v) is 6.39. The molecule has 0 atom stereocenters. The summed E-state index contributed by atoms with van der Waals surface area (Å²) in [6, 6.07) is 14.1. The number of hydrogen-bond acceptors (Lipinski definition) is 3. The van der Waals surface area contributed by atoms with Gasteiger partial charge in [0, 0.05) is 18.3 Å². The van der Waals surface area contributed by atoms with Crippen molar-refractivity contribution < 1.29 is 4.79 Å². The molecule has 3 aromatic rings. The van der Waals surface area contributed by atoms with Gasteiger partial charge >= 0.3 is 0 Å². The van der Waals surface area contributed by atoms with Gasteiger partial charge in [0.15, 0.2) is 0 Å². The summed E-state index contributed by atoms with van der Waals surface area (Å²) in [4.78, 5) is 12.4. The van der Waals surface area contributed by atoms with Crippen molar-refractivity contribution >= 4 is 22.4 Å². The van der Waals surface area contributed by atoms with E-state index in [1.165, 1.54) is 5.69 Å². The molecule has 0 bridgehead atoms. The highest BCUT2D eigenvalue weighted by molar-refractivity contribution is 6.02. The Morgan fingerprint density at radius 1 is 1.20 bits per heavy atom. The molecule has 1 aromatic heterocycles. The zero-order valence-corrected chi connectivity index (χ0v) is 14.2. The number of hydrazone groups is 1. The van der Waals surface area contributed by atoms with Crippen molar-refractivity contribution in [3.8, 4) is 0 Å². The average Bonchev–Trinajstić information content (AvgIpc) is 3.02. The molecule has 4 rings (SSSR count). The van der Waals surface area contributed by atoms with Crippen LogP contribution in [0.4, 0.5) is 0 Å². The van der Waals surface area contributed by atoms with Crippen molar-refractivity contribution in [1.82, 2.24) is 15.2 Å². The Morgan fingerprint density at radius 2 is 2.04 bits per heavy atom. The monoisotopic (exact) mass is 332 g/mol. The van der Waals surface area contributed by atoms with Crippen molar-refractivity contribution in [2.75, 3.05) is 0 Å². The first-order valence-electron chi connectivity index (χ1n) is 8.55. The molecule has 5 nitrogen and oxygen atoms in total. The molecule has 0 spiro atoms. The lowest BCUT2D eigenvalue weighted by Crippen LogP contribution is -2.23. The molecule has 1 N–H and O–H groups in total. The molecular formula is C20H20N4O. The predicted octanol–water partition coefficient (Wildman–Crippen LogP) is 2.97. The normalized spacial score (nSPS) is 15.3. The molecule has 1 amide bonds. The maximum Gasteiger partial charge on any atom is 0.244 e. The fourth-order valence-electron chi connectivity index (χ4n) is 3.46. The highest BCUT2D eigenvalue weighted by atomic mass is 16.2. The highest BCUT2D eigenvalue weighted by Crippen LogP contribution is 2.21. The summed E-state index contributed by atoms with van der Waals surface area (Å²) in [7, 11) is 1.95. The summed E-state index contributed by atoms with van der Waals surface area (Å²) < 4.78 is 1.89. The number of benzene rings is 2. The molecule has 5 heteroatoms. The SMILES string of the molecule is Cn1ncc2c1CCC/C2=N\NC(=O)Cc1cccc2ccccc12. The maximum atomic E-state index is 12.4. The number of hydrogen-bond donors (Lipinski definition) is 1. The topological polar surface area (TPSA) is 59.3 Å². The van der Waals surface area contributed by atoms with Crippen LogP contribution in [0.2, 0.25) is 0 Å². The Balaban J connectivity index is 1.51. The minimum Gasteiger partial charge on any atom is -0.273 e. The molecule has 0 aliphatic heterocycles. The lowest BCUT2D eigenvalue weighted by Gasteiger charge is -2.14. The number of fused-ring (bicyclic) bond motifs is 2. The van der Waals surface area contributed by atoms with E-state index in [4.69, 9.17) is 0 Å². The standard InChI is InChI=1S/C20H20N4O/c1-24-19-11-5-10-18(17(19)13-21-24)22-23-20(25)12-15-8-4-7-14-6-2-3-9-16(14)15/h2-4,6-9,13H,5,10-12H2,1H3,(H,23,25)/b22-18+. The van der Waals surface area contributed by atoms with Crippen LogP contribution in [0.1, 0.15) is 29.7 Å². The van der Waals surface area contributed by atoms with Gasteiger partial charge in [-0.05, 0) is 35.6 Å². The second-order valence-electron chi connectivity index (χ2n) is 6.39. The molecule has 0 unspecified atom stereocenters. The van der Waals surface area contributed by atoms with Gasteiger partial charge in [0.1, 0.15) is 0 Å². The highest BCUT2D eigenvalue weighted by Gasteiger charge is 2.19. The molecule has 1 aliphatic rings. The van der Waals surface area contributed by atoms with E-state index in [9.17, 15) is 4.79 Å². The van der Waals surface area contributed by atoms with E-state index in [-0.39, 0.29) is 5.91 Å². The average molecular weight is 332 g/mol. The Morgan fingerprint density at radius 3 is 2.96 bits per heavy atom. The molecule has 1 aliphatic carbocycles. The minimum atomic E-state index is -0.0973. The van der Waals surface area contributed by atoms with Crippen LogP contribution in [0.3, 0.4) is 0 Å². The summed E-state index contributed by atoms with van der Waals surface area (Å²) in [6.45, 7) is 0. The van der Waals surface area contributed by atoms with Crippen molar-refractivity contribution in [1.29, 1.82) is 0 Å². The van der Waals surface area contributed by atoms with Gasteiger partial charge in [0.25, 0.3) is 0 Å². The first-order valence-corrected chi connectivity index (χ1v) is 8.55. The number of aryl methyl sites for hydroxylation is 1. The Labute approximate surface area is 146 Å². The molecule has 1 heterocycles. The molecule has 2 aromatic carbocycles. The van der Waals surface area contributed by atoms with Crippen LogP contribution in [-0.4, -0.2) is 21.4 Å². The summed E-state index contributed by atoms with van der Waals surface area (Å²) in [5, 5.41) is 10.9. The molecule has 0 radical (unpaired) electrons. The minimum absolute atomic E-state index is 0.0973. The molecule has 0 saturated carbocycles. The Hall–Kier alpha value is -2.95. The number of nitrogens with zero attached hydrogens (tertiary/aromatic N) is 3. The van der Waals surface area contributed by atoms with Gasteiger partial charge in [0.2, 0.25) is 5.91 Å². The summed E-state index contributed by atoms with van der Waals surface area (Å²) in [5.74, 6) is -0.0973. The lowest BCUT2D eigenvalue weighted by atomic mass is 9.96. The first kappa shape index (κ1) is 15.6. The number of amides is 1. The third kappa shape index (κ3) is 3.05. The van der Waals surface area contributed by atoms with Crippen molar-refractivity contribution in [2.24, 2.45) is 12.1 Å². The molecule has 25 heavy (non-hydrogen) atoms. The predicted molar refractivity (Wildman–Crippen MR) is 98.5 cm³/mol. The summed E-state index contributed by atoms with van der Waals surface area (Å²) in [5.41, 5.74) is 6.90. The smallest absolute Gasteiger partial charge is 0.244 e. The van der Waals surface area contributed by atoms with Gasteiger partial charge in [-0.3, -0.25) is 9.48 Å². The Bertz CT molecular complexity index is 965. The number of rotatable bonds is 3. The first-order chi connectivity index (χ1) is 12.2. The van der Waals surface area contributed by atoms with Crippen molar-refractivity contribution in [3.05, 3.63) is 65.5 Å². The third-order valence-electron chi connectivity index (χ3n) is 4.75. The van der Waals surface area contributed by atoms with Gasteiger partial charge in [0.05, 0.1) is 18.3 Å². The number of aromatic nitrogens is 2. The van der Waals surface area contributed by atoms with E-state index in [2.05, 4.69) is 27.8 Å². The van der Waals surface area contributed by atoms with Gasteiger partial charge < -0.3 is 0 Å². The number of carbonyl (C=O) groups is 1. The fourth-order valence-corrected chi connectivity index (χ4v) is 3.46. The zero-order chi connectivity index (χ0) is 17.2. The molecular weight excluding hydrogens is 312 g/mol. The van der Waals surface area contributed by atoms with E-state index < -0.39 is 0 Å². The van der Waals surface area contributed by atoms with E-state index in [1.807, 2.05) is 48.3 Å². The van der Waals surface area contributed by atoms with E-state index in [1.54, 1.807) is 0 Å². The quantitative estimate of drug-likeness (QED) is 0.750. The van der Waals surface area contributed by atoms with Crippen LogP contribution in [-0.2, 0) is 24.7 Å². The van der Waals surface area contributed by atoms with Gasteiger partial charge in [-0.15, -0.1) is 0 Å². The van der Waals surface area contributed by atoms with Gasteiger partial charge in [-0.2, -0.15) is 10.2 Å². The molecule has 0 saturated heterocycles. The van der Waals surface area contributed by atoms with E-state index in [0.29, 0.717) is 6.42 Å². The summed E-state index contributed by atoms with van der Waals surface area (Å²) >= 11 is 0. The largest absolute Gasteiger partial charge is 0.273 e. The van der Waals surface area contributed by atoms with Crippen molar-refractivity contribution in [3.63, 3.8) is 0 Å². The van der Waals surface area contributed by atoms with Crippen molar-refractivity contribution in [2.45, 2.75) is 25.7 Å². The van der Waals surface area contributed by atoms with Crippen LogP contribution < -0.4 is 5.43 Å². The van der Waals surface area contributed by atoms with Crippen LogP contribution in [0.25, 0.3) is 10.8 Å². The van der Waals surface area contributed by atoms with Crippen LogP contribution in [0.15, 0.2) is 53.8 Å². The number of nitrogens with one attached hydrogen (secondary N) is 1. The lowest BCUT2D eigenvalue weighted by molar-refractivity contribution is -0.120. The van der Waals surface area contributed by atoms with Crippen LogP contribution in [0.5, 0.6) is 0 Å². The van der Waals surface area contributed by atoms with E-state index in [0.717, 1.165) is 46.9 Å². The summed E-state index contributed by atoms with van der Waals surface area (Å²) in [6.07, 6.45) is 5.06. The molecule has 0 fully saturated rings. The maximum absolute atomic E-state index is 12.4. The Kier molecular flexibility index (Phi) is 4.06.